The van der Waals surface area contributed by atoms with Gasteiger partial charge in [0.2, 0.25) is 0 Å². The van der Waals surface area contributed by atoms with Gasteiger partial charge in [0.25, 0.3) is 0 Å². The van der Waals surface area contributed by atoms with Crippen LogP contribution in [0.2, 0.25) is 0 Å². The molecule has 1 N–H and O–H groups in total. The minimum absolute atomic E-state index is 0. The van der Waals surface area contributed by atoms with Gasteiger partial charge in [0.05, 0.1) is 5.76 Å². The monoisotopic (exact) mass is 768 g/mol. The summed E-state index contributed by atoms with van der Waals surface area (Å²) < 4.78 is 0. The number of pyridine rings is 2. The molecule has 2 aromatic heterocycles. The standard InChI is InChI=1S/C26H23N2.C13H24O2.Ir/c1-16(2)24-15-19(14-18-6-4-5-7-20(18)24)26-23-10-11-25-22(9-8-17(3)28-25)21(23)12-13-27-26;1-5-10(6-2)12(14)9-13(15)11(7-3)8-4;/h4-9,12-13,15-16H,10-11H2,1-3H3;9-11,14H,5-8H2,1-4H3;/q-1;;/b;12-9-;. The Balaban J connectivity index is 0.000000286. The van der Waals surface area contributed by atoms with E-state index in [0.717, 1.165) is 60.9 Å². The van der Waals surface area contributed by atoms with Crippen LogP contribution in [0.15, 0.2) is 66.6 Å². The number of nitrogens with zero attached hydrogens (tertiary/aromatic N) is 2. The first-order valence-electron chi connectivity index (χ1n) is 16.1. The molecule has 0 saturated heterocycles. The molecule has 4 aromatic rings. The zero-order valence-corrected chi connectivity index (χ0v) is 29.7. The average molecular weight is 768 g/mol. The molecular formula is C39H47IrN2O2-. The van der Waals surface area contributed by atoms with Gasteiger partial charge >= 0.3 is 0 Å². The predicted octanol–water partition coefficient (Wildman–Crippen LogP) is 10.2. The van der Waals surface area contributed by atoms with E-state index in [-0.39, 0.29) is 43.5 Å². The number of fused-ring (bicyclic) bond motifs is 4. The fourth-order valence-corrected chi connectivity index (χ4v) is 6.16. The zero-order valence-electron chi connectivity index (χ0n) is 27.3. The van der Waals surface area contributed by atoms with Crippen molar-refractivity contribution in [1.29, 1.82) is 0 Å². The number of aliphatic hydroxyl groups excluding tert-OH is 1. The van der Waals surface area contributed by atoms with Gasteiger partial charge in [0.15, 0.2) is 5.78 Å². The van der Waals surface area contributed by atoms with Gasteiger partial charge in [0, 0.05) is 66.9 Å². The van der Waals surface area contributed by atoms with E-state index in [1.165, 1.54) is 39.4 Å². The Labute approximate surface area is 277 Å². The molecule has 0 fully saturated rings. The first-order chi connectivity index (χ1) is 20.7. The molecule has 4 nitrogen and oxygen atoms in total. The quantitative estimate of drug-likeness (QED) is 0.105. The Hall–Kier alpha value is -3.14. The van der Waals surface area contributed by atoms with Crippen molar-refractivity contribution in [2.75, 3.05) is 0 Å². The molecule has 235 valence electrons. The van der Waals surface area contributed by atoms with E-state index < -0.39 is 0 Å². The summed E-state index contributed by atoms with van der Waals surface area (Å²) in [5.74, 6) is 0.997. The topological polar surface area (TPSA) is 63.1 Å². The van der Waals surface area contributed by atoms with Gasteiger partial charge < -0.3 is 5.11 Å². The van der Waals surface area contributed by atoms with Gasteiger partial charge in [-0.1, -0.05) is 76.8 Å². The molecule has 0 atom stereocenters. The zero-order chi connectivity index (χ0) is 31.1. The Morgan fingerprint density at radius 3 is 2.27 bits per heavy atom. The van der Waals surface area contributed by atoms with Crippen molar-refractivity contribution < 1.29 is 30.0 Å². The molecule has 5 heteroatoms. The molecule has 0 amide bonds. The number of aliphatic hydroxyl groups is 1. The second kappa shape index (κ2) is 16.3. The van der Waals surface area contributed by atoms with Crippen molar-refractivity contribution in [3.63, 3.8) is 0 Å². The van der Waals surface area contributed by atoms with Gasteiger partial charge in [-0.2, -0.15) is 0 Å². The summed E-state index contributed by atoms with van der Waals surface area (Å²) in [6.07, 6.45) is 8.78. The number of allylic oxidation sites excluding steroid dienone is 2. The molecule has 2 aromatic carbocycles. The summed E-state index contributed by atoms with van der Waals surface area (Å²) in [4.78, 5) is 21.3. The van der Waals surface area contributed by atoms with Gasteiger partial charge in [-0.05, 0) is 74.6 Å². The van der Waals surface area contributed by atoms with E-state index in [4.69, 9.17) is 9.97 Å². The van der Waals surface area contributed by atoms with Crippen LogP contribution < -0.4 is 0 Å². The van der Waals surface area contributed by atoms with Crippen LogP contribution in [-0.2, 0) is 37.7 Å². The fraction of sp³-hybridized carbons (Fsp3) is 0.410. The van der Waals surface area contributed by atoms with E-state index in [9.17, 15) is 9.90 Å². The van der Waals surface area contributed by atoms with E-state index in [1.54, 1.807) is 0 Å². The van der Waals surface area contributed by atoms with Crippen LogP contribution in [0.1, 0.15) is 95.7 Å². The molecule has 44 heavy (non-hydrogen) atoms. The Kier molecular flexibility index (Phi) is 13.1. The summed E-state index contributed by atoms with van der Waals surface area (Å²) >= 11 is 0. The van der Waals surface area contributed by atoms with Crippen LogP contribution in [0.4, 0.5) is 0 Å². The number of aryl methyl sites for hydroxylation is 2. The van der Waals surface area contributed by atoms with Crippen molar-refractivity contribution in [3.05, 3.63) is 95.1 Å². The van der Waals surface area contributed by atoms with Crippen molar-refractivity contribution in [2.24, 2.45) is 11.8 Å². The van der Waals surface area contributed by atoms with Gasteiger partial charge in [-0.25, -0.2) is 0 Å². The van der Waals surface area contributed by atoms with E-state index in [1.807, 2.05) is 33.9 Å². The molecule has 0 bridgehead atoms. The van der Waals surface area contributed by atoms with Crippen molar-refractivity contribution >= 4 is 16.6 Å². The molecule has 1 aliphatic rings. The molecular weight excluding hydrogens is 721 g/mol. The Morgan fingerprint density at radius 1 is 0.932 bits per heavy atom. The molecule has 0 unspecified atom stereocenters. The molecule has 1 aliphatic carbocycles. The molecule has 2 heterocycles. The number of hydrogen-bond acceptors (Lipinski definition) is 4. The summed E-state index contributed by atoms with van der Waals surface area (Å²) in [7, 11) is 0. The normalized spacial score (nSPS) is 12.5. The third kappa shape index (κ3) is 7.92. The maximum Gasteiger partial charge on any atom is 0.162 e. The van der Waals surface area contributed by atoms with Crippen molar-refractivity contribution in [1.82, 2.24) is 9.97 Å². The van der Waals surface area contributed by atoms with Crippen LogP contribution >= 0.6 is 0 Å². The second-order valence-corrected chi connectivity index (χ2v) is 12.0. The number of carbonyl (C=O) groups excluding carboxylic acids is 1. The third-order valence-electron chi connectivity index (χ3n) is 8.84. The number of benzene rings is 2. The number of ketones is 1. The van der Waals surface area contributed by atoms with Crippen LogP contribution in [0.3, 0.4) is 0 Å². The van der Waals surface area contributed by atoms with Crippen LogP contribution in [0.5, 0.6) is 0 Å². The maximum atomic E-state index is 11.7. The summed E-state index contributed by atoms with van der Waals surface area (Å²) in [5, 5.41) is 12.2. The predicted molar refractivity (Wildman–Crippen MR) is 179 cm³/mol. The van der Waals surface area contributed by atoms with Gasteiger partial charge in [0.1, 0.15) is 0 Å². The number of carbonyl (C=O) groups is 1. The smallest absolute Gasteiger partial charge is 0.162 e. The molecule has 5 rings (SSSR count). The summed E-state index contributed by atoms with van der Waals surface area (Å²) in [6, 6.07) is 20.9. The Bertz CT molecular complexity index is 1600. The van der Waals surface area contributed by atoms with Gasteiger partial charge in [-0.15, -0.1) is 29.1 Å². The average Bonchev–Trinajstić information content (AvgIpc) is 3.01. The first kappa shape index (κ1) is 35.3. The van der Waals surface area contributed by atoms with E-state index in [0.29, 0.717) is 5.92 Å². The third-order valence-corrected chi connectivity index (χ3v) is 8.84. The van der Waals surface area contributed by atoms with E-state index in [2.05, 4.69) is 75.4 Å². The number of aromatic nitrogens is 2. The number of rotatable bonds is 9. The van der Waals surface area contributed by atoms with Crippen molar-refractivity contribution in [3.8, 4) is 22.4 Å². The molecule has 0 aliphatic heterocycles. The minimum atomic E-state index is 0. The summed E-state index contributed by atoms with van der Waals surface area (Å²) in [5.41, 5.74) is 9.65. The first-order valence-corrected chi connectivity index (χ1v) is 16.1. The van der Waals surface area contributed by atoms with Crippen LogP contribution in [0.25, 0.3) is 33.2 Å². The number of hydrogen-bond donors (Lipinski definition) is 1. The Morgan fingerprint density at radius 2 is 1.61 bits per heavy atom. The SMILES string of the molecule is CCC(CC)C(=O)/C=C(\O)C(CC)CC.Cc1ccc2c(n1)CCc1c-2ccnc1-c1[c-]c2ccccc2c(C(C)C)c1.[Ir]. The van der Waals surface area contributed by atoms with E-state index >= 15 is 0 Å². The molecule has 0 saturated carbocycles. The van der Waals surface area contributed by atoms with Crippen LogP contribution in [-0.4, -0.2) is 20.9 Å². The largest absolute Gasteiger partial charge is 0.512 e. The molecule has 0 spiro atoms. The van der Waals surface area contributed by atoms with Gasteiger partial charge in [-0.3, -0.25) is 14.8 Å². The summed E-state index contributed by atoms with van der Waals surface area (Å²) in [6.45, 7) is 14.6. The van der Waals surface area contributed by atoms with Crippen molar-refractivity contribution in [2.45, 2.75) is 92.9 Å². The maximum absolute atomic E-state index is 11.7. The molecule has 1 radical (unpaired) electrons. The van der Waals surface area contributed by atoms with Crippen LogP contribution in [0, 0.1) is 24.8 Å². The fourth-order valence-electron chi connectivity index (χ4n) is 6.16. The minimum Gasteiger partial charge on any atom is -0.512 e. The second-order valence-electron chi connectivity index (χ2n) is 12.0.